The fourth-order valence-electron chi connectivity index (χ4n) is 1.64. The maximum atomic E-state index is 9.56. The van der Waals surface area contributed by atoms with E-state index in [1.165, 1.54) is 12.8 Å². The van der Waals surface area contributed by atoms with Crippen LogP contribution in [0.2, 0.25) is 0 Å². The van der Waals surface area contributed by atoms with Gasteiger partial charge in [-0.1, -0.05) is 5.92 Å². The van der Waals surface area contributed by atoms with Crippen LogP contribution >= 0.6 is 0 Å². The molecular formula is C10H18N2O. The first-order chi connectivity index (χ1) is 6.33. The van der Waals surface area contributed by atoms with E-state index >= 15 is 0 Å². The molecule has 1 aliphatic heterocycles. The van der Waals surface area contributed by atoms with Crippen LogP contribution in [-0.4, -0.2) is 48.8 Å². The molecule has 3 nitrogen and oxygen atoms in total. The summed E-state index contributed by atoms with van der Waals surface area (Å²) in [5.41, 5.74) is 0. The lowest BCUT2D eigenvalue weighted by Gasteiger charge is -2.19. The second-order valence-corrected chi connectivity index (χ2v) is 3.50. The van der Waals surface area contributed by atoms with E-state index in [1.807, 2.05) is 0 Å². The Morgan fingerprint density at radius 2 is 2.15 bits per heavy atom. The van der Waals surface area contributed by atoms with Crippen LogP contribution in [0.1, 0.15) is 12.8 Å². The Labute approximate surface area is 80.1 Å². The number of likely N-dealkylation sites (tertiary alicyclic amines) is 1. The molecule has 2 N–H and O–H groups in total. The van der Waals surface area contributed by atoms with Crippen molar-refractivity contribution >= 4 is 0 Å². The highest BCUT2D eigenvalue weighted by molar-refractivity contribution is 4.87. The standard InChI is InChI=1S/C10H18N2O/c1-2-5-11-8-10(13)9-12-6-3-4-7-12/h1,10-11,13H,3-9H2. The Morgan fingerprint density at radius 1 is 1.46 bits per heavy atom. The molecule has 0 radical (unpaired) electrons. The molecule has 0 bridgehead atoms. The SMILES string of the molecule is C#CCNCC(O)CN1CCCC1. The van der Waals surface area contributed by atoms with Gasteiger partial charge in [0.25, 0.3) is 0 Å². The van der Waals surface area contributed by atoms with Gasteiger partial charge in [-0.05, 0) is 25.9 Å². The molecule has 0 aliphatic carbocycles. The quantitative estimate of drug-likeness (QED) is 0.451. The average molecular weight is 182 g/mol. The van der Waals surface area contributed by atoms with Crippen LogP contribution in [0.3, 0.4) is 0 Å². The highest BCUT2D eigenvalue weighted by atomic mass is 16.3. The van der Waals surface area contributed by atoms with Crippen molar-refractivity contribution in [1.29, 1.82) is 0 Å². The molecule has 0 aromatic heterocycles. The van der Waals surface area contributed by atoms with Crippen molar-refractivity contribution < 1.29 is 5.11 Å². The molecule has 0 saturated carbocycles. The fourth-order valence-corrected chi connectivity index (χ4v) is 1.64. The first-order valence-corrected chi connectivity index (χ1v) is 4.87. The highest BCUT2D eigenvalue weighted by Crippen LogP contribution is 2.07. The Kier molecular flexibility index (Phi) is 4.84. The zero-order chi connectivity index (χ0) is 9.52. The Balaban J connectivity index is 2.03. The Morgan fingerprint density at radius 3 is 2.77 bits per heavy atom. The van der Waals surface area contributed by atoms with Gasteiger partial charge in [0, 0.05) is 13.1 Å². The molecule has 1 unspecified atom stereocenters. The van der Waals surface area contributed by atoms with Crippen molar-refractivity contribution in [3.8, 4) is 12.3 Å². The molecule has 1 atom stereocenters. The van der Waals surface area contributed by atoms with Crippen LogP contribution in [0.25, 0.3) is 0 Å². The maximum absolute atomic E-state index is 9.56. The van der Waals surface area contributed by atoms with Crippen molar-refractivity contribution in [1.82, 2.24) is 10.2 Å². The molecule has 0 spiro atoms. The first kappa shape index (κ1) is 10.5. The third-order valence-electron chi connectivity index (χ3n) is 2.27. The summed E-state index contributed by atoms with van der Waals surface area (Å²) in [6.45, 7) is 4.17. The summed E-state index contributed by atoms with van der Waals surface area (Å²) in [4.78, 5) is 2.29. The third-order valence-corrected chi connectivity index (χ3v) is 2.27. The molecule has 13 heavy (non-hydrogen) atoms. The van der Waals surface area contributed by atoms with Gasteiger partial charge in [-0.3, -0.25) is 0 Å². The summed E-state index contributed by atoms with van der Waals surface area (Å²) in [7, 11) is 0. The van der Waals surface area contributed by atoms with Gasteiger partial charge < -0.3 is 15.3 Å². The lowest BCUT2D eigenvalue weighted by Crippen LogP contribution is -2.37. The number of hydrogen-bond donors (Lipinski definition) is 2. The second kappa shape index (κ2) is 5.98. The minimum absolute atomic E-state index is 0.286. The van der Waals surface area contributed by atoms with Gasteiger partial charge in [0.2, 0.25) is 0 Å². The van der Waals surface area contributed by atoms with E-state index in [0.29, 0.717) is 13.1 Å². The molecule has 1 rings (SSSR count). The number of aliphatic hydroxyl groups is 1. The molecule has 1 fully saturated rings. The van der Waals surface area contributed by atoms with E-state index in [2.05, 4.69) is 16.1 Å². The Bertz CT molecular complexity index is 170. The normalized spacial score (nSPS) is 20.0. The number of nitrogens with zero attached hydrogens (tertiary/aromatic N) is 1. The summed E-state index contributed by atoms with van der Waals surface area (Å²) >= 11 is 0. The van der Waals surface area contributed by atoms with Crippen molar-refractivity contribution in [3.05, 3.63) is 0 Å². The summed E-state index contributed by atoms with van der Waals surface area (Å²) in [5, 5.41) is 12.6. The summed E-state index contributed by atoms with van der Waals surface area (Å²) < 4.78 is 0. The van der Waals surface area contributed by atoms with E-state index in [1.54, 1.807) is 0 Å². The van der Waals surface area contributed by atoms with E-state index < -0.39 is 0 Å². The molecule has 0 amide bonds. The molecule has 1 heterocycles. The van der Waals surface area contributed by atoms with Crippen LogP contribution in [0.15, 0.2) is 0 Å². The summed E-state index contributed by atoms with van der Waals surface area (Å²) in [6.07, 6.45) is 7.32. The van der Waals surface area contributed by atoms with Crippen molar-refractivity contribution in [2.24, 2.45) is 0 Å². The van der Waals surface area contributed by atoms with Crippen molar-refractivity contribution in [2.75, 3.05) is 32.7 Å². The van der Waals surface area contributed by atoms with Crippen LogP contribution < -0.4 is 5.32 Å². The lowest BCUT2D eigenvalue weighted by molar-refractivity contribution is 0.124. The van der Waals surface area contributed by atoms with Gasteiger partial charge in [0.15, 0.2) is 0 Å². The number of β-amino-alcohol motifs (C(OH)–C–C–N with tert-alkyl or cyclic N) is 1. The largest absolute Gasteiger partial charge is 0.390 e. The molecule has 0 aromatic carbocycles. The summed E-state index contributed by atoms with van der Waals surface area (Å²) in [5.74, 6) is 2.48. The van der Waals surface area contributed by atoms with Crippen LogP contribution in [0, 0.1) is 12.3 Å². The van der Waals surface area contributed by atoms with Crippen molar-refractivity contribution in [2.45, 2.75) is 18.9 Å². The zero-order valence-corrected chi connectivity index (χ0v) is 8.00. The van der Waals surface area contributed by atoms with Gasteiger partial charge >= 0.3 is 0 Å². The van der Waals surface area contributed by atoms with Crippen LogP contribution in [-0.2, 0) is 0 Å². The van der Waals surface area contributed by atoms with Gasteiger partial charge in [0.1, 0.15) is 0 Å². The number of hydrogen-bond acceptors (Lipinski definition) is 3. The number of nitrogens with one attached hydrogen (secondary N) is 1. The van der Waals surface area contributed by atoms with Gasteiger partial charge in [-0.15, -0.1) is 6.42 Å². The maximum Gasteiger partial charge on any atom is 0.0791 e. The first-order valence-electron chi connectivity index (χ1n) is 4.87. The predicted molar refractivity (Wildman–Crippen MR) is 53.4 cm³/mol. The van der Waals surface area contributed by atoms with E-state index in [4.69, 9.17) is 6.42 Å². The fraction of sp³-hybridized carbons (Fsp3) is 0.800. The third kappa shape index (κ3) is 4.28. The van der Waals surface area contributed by atoms with Gasteiger partial charge in [-0.25, -0.2) is 0 Å². The number of rotatable bonds is 5. The molecule has 0 aromatic rings. The Hall–Kier alpha value is -0.560. The molecule has 1 aliphatic rings. The predicted octanol–water partition coefficient (Wildman–Crippen LogP) is -0.334. The smallest absolute Gasteiger partial charge is 0.0791 e. The molecule has 74 valence electrons. The van der Waals surface area contributed by atoms with E-state index in [-0.39, 0.29) is 6.10 Å². The topological polar surface area (TPSA) is 35.5 Å². The van der Waals surface area contributed by atoms with Crippen molar-refractivity contribution in [3.63, 3.8) is 0 Å². The minimum atomic E-state index is -0.286. The second-order valence-electron chi connectivity index (χ2n) is 3.50. The van der Waals surface area contributed by atoms with Gasteiger partial charge in [0.05, 0.1) is 12.6 Å². The van der Waals surface area contributed by atoms with Crippen LogP contribution in [0.4, 0.5) is 0 Å². The molecular weight excluding hydrogens is 164 g/mol. The monoisotopic (exact) mass is 182 g/mol. The molecule has 3 heteroatoms. The summed E-state index contributed by atoms with van der Waals surface area (Å²) in [6, 6.07) is 0. The lowest BCUT2D eigenvalue weighted by atomic mass is 10.3. The zero-order valence-electron chi connectivity index (χ0n) is 8.00. The minimum Gasteiger partial charge on any atom is -0.390 e. The highest BCUT2D eigenvalue weighted by Gasteiger charge is 2.14. The van der Waals surface area contributed by atoms with E-state index in [0.717, 1.165) is 19.6 Å². The molecule has 1 saturated heterocycles. The van der Waals surface area contributed by atoms with Gasteiger partial charge in [-0.2, -0.15) is 0 Å². The number of aliphatic hydroxyl groups excluding tert-OH is 1. The van der Waals surface area contributed by atoms with E-state index in [9.17, 15) is 5.11 Å². The van der Waals surface area contributed by atoms with Crippen LogP contribution in [0.5, 0.6) is 0 Å². The number of terminal acetylenes is 1. The average Bonchev–Trinajstić information content (AvgIpc) is 2.57.